The lowest BCUT2D eigenvalue weighted by atomic mass is 10.1. The van der Waals surface area contributed by atoms with Gasteiger partial charge in [0.05, 0.1) is 36.7 Å². The molecule has 1 aromatic heterocycles. The van der Waals surface area contributed by atoms with Gasteiger partial charge in [-0.05, 0) is 73.9 Å². The Morgan fingerprint density at radius 2 is 1.85 bits per heavy atom. The highest BCUT2D eigenvalue weighted by Gasteiger charge is 2.28. The summed E-state index contributed by atoms with van der Waals surface area (Å²) in [6, 6.07) is 22.7. The van der Waals surface area contributed by atoms with Crippen molar-refractivity contribution in [2.24, 2.45) is 0 Å². The number of halogens is 1. The monoisotopic (exact) mass is 529 g/mol. The molecule has 0 saturated carbocycles. The van der Waals surface area contributed by atoms with Crippen LogP contribution >= 0.6 is 0 Å². The SMILES string of the molecule is CCc1nn(-c2ccc(F)cc2)c(Oc2ccccc2)c1CN(C[C@H]1CCCO1)C(=O)c1cccc(OC)c1. The van der Waals surface area contributed by atoms with E-state index in [9.17, 15) is 9.18 Å². The lowest BCUT2D eigenvalue weighted by molar-refractivity contribution is 0.0505. The number of hydrogen-bond donors (Lipinski definition) is 0. The van der Waals surface area contributed by atoms with Gasteiger partial charge in [-0.2, -0.15) is 5.10 Å². The first-order valence-corrected chi connectivity index (χ1v) is 13.2. The van der Waals surface area contributed by atoms with Crippen LogP contribution in [0.15, 0.2) is 78.9 Å². The van der Waals surface area contributed by atoms with Gasteiger partial charge < -0.3 is 19.1 Å². The van der Waals surface area contributed by atoms with Gasteiger partial charge in [-0.3, -0.25) is 4.79 Å². The van der Waals surface area contributed by atoms with Gasteiger partial charge in [0.15, 0.2) is 0 Å². The first kappa shape index (κ1) is 26.4. The minimum absolute atomic E-state index is 0.0460. The first-order chi connectivity index (χ1) is 19.1. The number of amides is 1. The van der Waals surface area contributed by atoms with Crippen LogP contribution in [0.2, 0.25) is 0 Å². The van der Waals surface area contributed by atoms with Gasteiger partial charge in [-0.15, -0.1) is 0 Å². The zero-order valence-corrected chi connectivity index (χ0v) is 22.2. The number of carbonyl (C=O) groups excluding carboxylic acids is 1. The van der Waals surface area contributed by atoms with Crippen LogP contribution in [0.3, 0.4) is 0 Å². The fourth-order valence-electron chi connectivity index (χ4n) is 4.77. The Morgan fingerprint density at radius 3 is 2.54 bits per heavy atom. The van der Waals surface area contributed by atoms with Crippen LogP contribution in [0, 0.1) is 5.82 Å². The lowest BCUT2D eigenvalue weighted by Crippen LogP contribution is -2.37. The molecule has 1 saturated heterocycles. The third-order valence-corrected chi connectivity index (χ3v) is 6.78. The summed E-state index contributed by atoms with van der Waals surface area (Å²) in [5, 5.41) is 4.85. The number of aryl methyl sites for hydroxylation is 1. The molecule has 1 aliphatic rings. The van der Waals surface area contributed by atoms with Crippen molar-refractivity contribution in [3.05, 3.63) is 102 Å². The van der Waals surface area contributed by atoms with E-state index in [1.54, 1.807) is 41.0 Å². The molecule has 1 aliphatic heterocycles. The second kappa shape index (κ2) is 12.1. The zero-order chi connectivity index (χ0) is 27.2. The van der Waals surface area contributed by atoms with Crippen molar-refractivity contribution in [1.29, 1.82) is 0 Å². The van der Waals surface area contributed by atoms with Gasteiger partial charge in [0.25, 0.3) is 5.91 Å². The molecule has 4 aromatic rings. The molecule has 1 atom stereocenters. The maximum absolute atomic E-state index is 13.9. The predicted molar refractivity (Wildman–Crippen MR) is 146 cm³/mol. The van der Waals surface area contributed by atoms with Crippen molar-refractivity contribution < 1.29 is 23.4 Å². The highest BCUT2D eigenvalue weighted by Crippen LogP contribution is 2.33. The molecule has 0 N–H and O–H groups in total. The van der Waals surface area contributed by atoms with E-state index in [1.807, 2.05) is 49.4 Å². The molecule has 0 bridgehead atoms. The largest absolute Gasteiger partial charge is 0.497 e. The highest BCUT2D eigenvalue weighted by atomic mass is 19.1. The van der Waals surface area contributed by atoms with Crippen molar-refractivity contribution >= 4 is 5.91 Å². The lowest BCUT2D eigenvalue weighted by Gasteiger charge is -2.26. The molecule has 39 heavy (non-hydrogen) atoms. The first-order valence-electron chi connectivity index (χ1n) is 13.2. The second-order valence-corrected chi connectivity index (χ2v) is 9.44. The standard InChI is InChI=1S/C31H32FN3O4/c1-3-29-28(21-34(20-27-13-8-18-38-27)30(36)22-9-7-12-26(19-22)37-2)31(39-25-10-5-4-6-11-25)35(33-29)24-16-14-23(32)15-17-24/h4-7,9-12,14-17,19,27H,3,8,13,18,20-21H2,1-2H3/t27-/m1/s1. The van der Waals surface area contributed by atoms with E-state index in [0.717, 1.165) is 24.1 Å². The van der Waals surface area contributed by atoms with Gasteiger partial charge in [0, 0.05) is 18.7 Å². The molecule has 7 nitrogen and oxygen atoms in total. The molecule has 5 rings (SSSR count). The zero-order valence-electron chi connectivity index (χ0n) is 22.2. The summed E-state index contributed by atoms with van der Waals surface area (Å²) >= 11 is 0. The normalized spacial score (nSPS) is 14.8. The van der Waals surface area contributed by atoms with Crippen LogP contribution in [0.4, 0.5) is 4.39 Å². The summed E-state index contributed by atoms with van der Waals surface area (Å²) in [5.41, 5.74) is 2.77. The van der Waals surface area contributed by atoms with E-state index in [-0.39, 0.29) is 24.4 Å². The molecular weight excluding hydrogens is 497 g/mol. The Kier molecular flexibility index (Phi) is 8.22. The fourth-order valence-corrected chi connectivity index (χ4v) is 4.77. The van der Waals surface area contributed by atoms with Crippen molar-refractivity contribution in [3.8, 4) is 23.1 Å². The molecule has 0 aliphatic carbocycles. The smallest absolute Gasteiger partial charge is 0.254 e. The predicted octanol–water partition coefficient (Wildman–Crippen LogP) is 6.20. The van der Waals surface area contributed by atoms with Crippen LogP contribution in [0.25, 0.3) is 5.69 Å². The van der Waals surface area contributed by atoms with Gasteiger partial charge >= 0.3 is 0 Å². The molecule has 1 amide bonds. The van der Waals surface area contributed by atoms with E-state index in [1.165, 1.54) is 12.1 Å². The number of hydrogen-bond acceptors (Lipinski definition) is 5. The summed E-state index contributed by atoms with van der Waals surface area (Å²) in [6.07, 6.45) is 2.44. The van der Waals surface area contributed by atoms with E-state index in [2.05, 4.69) is 0 Å². The van der Waals surface area contributed by atoms with Gasteiger partial charge in [0.2, 0.25) is 5.88 Å². The van der Waals surface area contributed by atoms with E-state index < -0.39 is 0 Å². The third-order valence-electron chi connectivity index (χ3n) is 6.78. The maximum atomic E-state index is 13.9. The van der Waals surface area contributed by atoms with Crippen LogP contribution < -0.4 is 9.47 Å². The van der Waals surface area contributed by atoms with Gasteiger partial charge in [0.1, 0.15) is 17.3 Å². The number of methoxy groups -OCH3 is 1. The summed E-state index contributed by atoms with van der Waals surface area (Å²) < 4.78 is 33.1. The molecule has 3 aromatic carbocycles. The summed E-state index contributed by atoms with van der Waals surface area (Å²) in [7, 11) is 1.58. The second-order valence-electron chi connectivity index (χ2n) is 9.44. The van der Waals surface area contributed by atoms with Crippen molar-refractivity contribution in [2.75, 3.05) is 20.3 Å². The average molecular weight is 530 g/mol. The molecule has 2 heterocycles. The summed E-state index contributed by atoms with van der Waals surface area (Å²) in [6.45, 7) is 3.41. The van der Waals surface area contributed by atoms with Crippen molar-refractivity contribution in [1.82, 2.24) is 14.7 Å². The van der Waals surface area contributed by atoms with Crippen LogP contribution in [-0.4, -0.2) is 47.0 Å². The molecule has 0 spiro atoms. The Morgan fingerprint density at radius 1 is 1.08 bits per heavy atom. The average Bonchev–Trinajstić information content (AvgIpc) is 3.61. The van der Waals surface area contributed by atoms with Gasteiger partial charge in [-0.25, -0.2) is 9.07 Å². The molecule has 1 fully saturated rings. The molecular formula is C31H32FN3O4. The number of aromatic nitrogens is 2. The van der Waals surface area contributed by atoms with Crippen molar-refractivity contribution in [2.45, 2.75) is 38.8 Å². The van der Waals surface area contributed by atoms with Crippen molar-refractivity contribution in [3.63, 3.8) is 0 Å². The number of benzene rings is 3. The number of para-hydroxylation sites is 1. The Bertz CT molecular complexity index is 1400. The highest BCUT2D eigenvalue weighted by molar-refractivity contribution is 5.94. The third kappa shape index (κ3) is 6.12. The molecule has 202 valence electrons. The fraction of sp³-hybridized carbons (Fsp3) is 0.290. The van der Waals surface area contributed by atoms with Crippen LogP contribution in [-0.2, 0) is 17.7 Å². The Labute approximate surface area is 227 Å². The quantitative estimate of drug-likeness (QED) is 0.245. The van der Waals surface area contributed by atoms with E-state index in [4.69, 9.17) is 19.3 Å². The maximum Gasteiger partial charge on any atom is 0.254 e. The number of ether oxygens (including phenoxy) is 3. The minimum Gasteiger partial charge on any atom is -0.497 e. The van der Waals surface area contributed by atoms with Crippen LogP contribution in [0.5, 0.6) is 17.4 Å². The topological polar surface area (TPSA) is 65.8 Å². The number of rotatable bonds is 10. The Hall–Kier alpha value is -4.17. The molecule has 8 heteroatoms. The molecule has 0 radical (unpaired) electrons. The summed E-state index contributed by atoms with van der Waals surface area (Å²) in [5.74, 6) is 1.27. The van der Waals surface area contributed by atoms with E-state index >= 15 is 0 Å². The van der Waals surface area contributed by atoms with E-state index in [0.29, 0.717) is 48.2 Å². The number of nitrogens with zero attached hydrogens (tertiary/aromatic N) is 3. The minimum atomic E-state index is -0.334. The van der Waals surface area contributed by atoms with Gasteiger partial charge in [-0.1, -0.05) is 31.2 Å². The van der Waals surface area contributed by atoms with Crippen LogP contribution in [0.1, 0.15) is 41.4 Å². The number of carbonyl (C=O) groups is 1. The summed E-state index contributed by atoms with van der Waals surface area (Å²) in [4.78, 5) is 15.7. The Balaban J connectivity index is 1.57. The molecule has 0 unspecified atom stereocenters.